The zero-order valence-electron chi connectivity index (χ0n) is 20.1. The van der Waals surface area contributed by atoms with Crippen molar-refractivity contribution < 1.29 is 19.7 Å². The highest BCUT2D eigenvalue weighted by Gasteiger charge is 2.19. The molecule has 0 fully saturated rings. The lowest BCUT2D eigenvalue weighted by molar-refractivity contribution is 0.198. The largest absolute Gasteiger partial charge is 0.504 e. The Morgan fingerprint density at radius 2 is 1.50 bits per heavy atom. The van der Waals surface area contributed by atoms with Gasteiger partial charge in [0.05, 0.1) is 41.0 Å². The Hall–Kier alpha value is -5.25. The number of ether oxygens (including phenoxy) is 2. The van der Waals surface area contributed by atoms with Gasteiger partial charge in [0.15, 0.2) is 23.0 Å². The fourth-order valence-electron chi connectivity index (χ4n) is 3.11. The number of nitrogens with zero attached hydrogens (tertiary/aromatic N) is 5. The molecule has 0 bridgehead atoms. The number of nitriles is 4. The third-order valence-electron chi connectivity index (χ3n) is 4.48. The van der Waals surface area contributed by atoms with Gasteiger partial charge in [-0.05, 0) is 39.8 Å². The van der Waals surface area contributed by atoms with Crippen molar-refractivity contribution >= 4 is 0 Å². The Morgan fingerprint density at radius 3 is 2.00 bits per heavy atom. The number of benzene rings is 2. The van der Waals surface area contributed by atoms with Gasteiger partial charge in [0.2, 0.25) is 0 Å². The minimum absolute atomic E-state index is 0.0556. The standard InChI is InChI=1S/C14H16N2O2.C13H7N3O2/c1-9(2)17-13-6-11(7-15)5-12(8-16)14(13)18-10(3)4;14-5-9-4-11(17)13(18)10(6-15)12(9)8-2-1-3-16-7-8/h5-6,9-10H,1-4H3;1-4,7,17-18H. The second kappa shape index (κ2) is 12.3. The Bertz CT molecular complexity index is 1410. The summed E-state index contributed by atoms with van der Waals surface area (Å²) in [5.41, 5.74) is 1.47. The molecule has 0 saturated carbocycles. The Labute approximate surface area is 209 Å². The molecule has 2 N–H and O–H groups in total. The van der Waals surface area contributed by atoms with E-state index in [0.717, 1.165) is 6.07 Å². The maximum absolute atomic E-state index is 9.66. The number of hydrogen-bond acceptors (Lipinski definition) is 9. The third-order valence-corrected chi connectivity index (χ3v) is 4.48. The first-order valence-electron chi connectivity index (χ1n) is 10.8. The molecule has 9 nitrogen and oxygen atoms in total. The van der Waals surface area contributed by atoms with Crippen molar-refractivity contribution in [3.05, 3.63) is 65.0 Å². The van der Waals surface area contributed by atoms with E-state index in [9.17, 15) is 10.2 Å². The summed E-state index contributed by atoms with van der Waals surface area (Å²) in [6.45, 7) is 7.51. The molecule has 0 aliphatic carbocycles. The van der Waals surface area contributed by atoms with Gasteiger partial charge in [0.1, 0.15) is 17.7 Å². The van der Waals surface area contributed by atoms with E-state index in [1.54, 1.807) is 30.5 Å². The zero-order chi connectivity index (χ0) is 26.8. The topological polar surface area (TPSA) is 167 Å². The summed E-state index contributed by atoms with van der Waals surface area (Å²) in [5.74, 6) is -0.180. The lowest BCUT2D eigenvalue weighted by Gasteiger charge is -2.18. The summed E-state index contributed by atoms with van der Waals surface area (Å²) in [4.78, 5) is 3.90. The molecule has 36 heavy (non-hydrogen) atoms. The molecule has 3 rings (SSSR count). The normalized spacial score (nSPS) is 9.72. The van der Waals surface area contributed by atoms with Gasteiger partial charge in [-0.1, -0.05) is 6.07 Å². The van der Waals surface area contributed by atoms with Crippen LogP contribution in [-0.4, -0.2) is 27.4 Å². The van der Waals surface area contributed by atoms with Crippen LogP contribution in [0.2, 0.25) is 0 Å². The lowest BCUT2D eigenvalue weighted by Crippen LogP contribution is -2.12. The predicted molar refractivity (Wildman–Crippen MR) is 130 cm³/mol. The highest BCUT2D eigenvalue weighted by atomic mass is 16.5. The average molecular weight is 482 g/mol. The second-order valence-electron chi connectivity index (χ2n) is 7.92. The van der Waals surface area contributed by atoms with Crippen LogP contribution in [0.1, 0.15) is 49.9 Å². The van der Waals surface area contributed by atoms with Crippen molar-refractivity contribution in [2.75, 3.05) is 0 Å². The fourth-order valence-corrected chi connectivity index (χ4v) is 3.11. The average Bonchev–Trinajstić information content (AvgIpc) is 2.86. The Morgan fingerprint density at radius 1 is 0.833 bits per heavy atom. The monoisotopic (exact) mass is 481 g/mol. The molecule has 0 aliphatic heterocycles. The molecule has 0 unspecified atom stereocenters. The quantitative estimate of drug-likeness (QED) is 0.481. The van der Waals surface area contributed by atoms with Crippen LogP contribution in [0, 0.1) is 45.3 Å². The first-order chi connectivity index (χ1) is 17.2. The Kier molecular flexibility index (Phi) is 9.21. The van der Waals surface area contributed by atoms with E-state index in [2.05, 4.69) is 4.98 Å². The van der Waals surface area contributed by atoms with Gasteiger partial charge >= 0.3 is 0 Å². The van der Waals surface area contributed by atoms with Gasteiger partial charge in [-0.15, -0.1) is 0 Å². The predicted octanol–water partition coefficient (Wildman–Crippen LogP) is 4.91. The van der Waals surface area contributed by atoms with Crippen LogP contribution in [0.3, 0.4) is 0 Å². The van der Waals surface area contributed by atoms with E-state index < -0.39 is 11.5 Å². The maximum Gasteiger partial charge on any atom is 0.179 e. The third kappa shape index (κ3) is 6.41. The van der Waals surface area contributed by atoms with Gasteiger partial charge < -0.3 is 19.7 Å². The molecule has 9 heteroatoms. The molecule has 1 aromatic heterocycles. The van der Waals surface area contributed by atoms with Gasteiger partial charge in [0, 0.05) is 35.7 Å². The number of aromatic nitrogens is 1. The van der Waals surface area contributed by atoms with Crippen LogP contribution in [0.4, 0.5) is 0 Å². The molecule has 180 valence electrons. The number of rotatable bonds is 5. The zero-order valence-corrected chi connectivity index (χ0v) is 20.1. The minimum atomic E-state index is -0.532. The van der Waals surface area contributed by atoms with Gasteiger partial charge in [-0.3, -0.25) is 4.98 Å². The lowest BCUT2D eigenvalue weighted by atomic mass is 9.95. The molecule has 0 amide bonds. The van der Waals surface area contributed by atoms with E-state index in [1.807, 2.05) is 45.9 Å². The van der Waals surface area contributed by atoms with Crippen LogP contribution in [0.25, 0.3) is 11.1 Å². The van der Waals surface area contributed by atoms with Crippen LogP contribution < -0.4 is 9.47 Å². The van der Waals surface area contributed by atoms with E-state index in [4.69, 9.17) is 30.5 Å². The fraction of sp³-hybridized carbons (Fsp3) is 0.222. The number of hydrogen-bond donors (Lipinski definition) is 2. The van der Waals surface area contributed by atoms with Crippen LogP contribution >= 0.6 is 0 Å². The summed E-state index contributed by atoms with van der Waals surface area (Å²) >= 11 is 0. The maximum atomic E-state index is 9.66. The highest BCUT2D eigenvalue weighted by Crippen LogP contribution is 2.38. The summed E-state index contributed by atoms with van der Waals surface area (Å²) in [7, 11) is 0. The molecule has 0 radical (unpaired) electrons. The summed E-state index contributed by atoms with van der Waals surface area (Å²) in [5, 5.41) is 55.2. The van der Waals surface area contributed by atoms with Crippen LogP contribution in [0.5, 0.6) is 23.0 Å². The van der Waals surface area contributed by atoms with Crippen molar-refractivity contribution in [1.82, 2.24) is 4.98 Å². The second-order valence-corrected chi connectivity index (χ2v) is 7.92. The molecule has 3 aromatic rings. The number of phenolic OH excluding ortho intramolecular Hbond substituents is 2. The molecular formula is C27H23N5O4. The first kappa shape index (κ1) is 27.0. The SMILES string of the molecule is CC(C)Oc1cc(C#N)cc(C#N)c1OC(C)C.N#Cc1cc(O)c(O)c(C#N)c1-c1cccnc1. The van der Waals surface area contributed by atoms with Crippen molar-refractivity contribution in [2.45, 2.75) is 39.9 Å². The van der Waals surface area contributed by atoms with E-state index in [1.165, 1.54) is 12.3 Å². The van der Waals surface area contributed by atoms with Crippen LogP contribution in [-0.2, 0) is 0 Å². The molecule has 0 spiro atoms. The van der Waals surface area contributed by atoms with E-state index in [0.29, 0.717) is 28.2 Å². The molecule has 0 saturated heterocycles. The number of pyridine rings is 1. The van der Waals surface area contributed by atoms with Crippen molar-refractivity contribution in [3.8, 4) is 58.4 Å². The minimum Gasteiger partial charge on any atom is -0.504 e. The van der Waals surface area contributed by atoms with Crippen molar-refractivity contribution in [3.63, 3.8) is 0 Å². The van der Waals surface area contributed by atoms with Gasteiger partial charge in [-0.2, -0.15) is 21.0 Å². The van der Waals surface area contributed by atoms with Crippen molar-refractivity contribution in [1.29, 1.82) is 21.0 Å². The first-order valence-corrected chi connectivity index (χ1v) is 10.8. The highest BCUT2D eigenvalue weighted by molar-refractivity contribution is 5.80. The van der Waals surface area contributed by atoms with Gasteiger partial charge in [-0.25, -0.2) is 0 Å². The number of phenols is 2. The Balaban J connectivity index is 0.000000254. The smallest absolute Gasteiger partial charge is 0.179 e. The summed E-state index contributed by atoms with van der Waals surface area (Å²) in [6, 6.07) is 15.3. The van der Waals surface area contributed by atoms with E-state index in [-0.39, 0.29) is 28.9 Å². The van der Waals surface area contributed by atoms with Crippen LogP contribution in [0.15, 0.2) is 42.7 Å². The molecule has 2 aromatic carbocycles. The molecule has 1 heterocycles. The summed E-state index contributed by atoms with van der Waals surface area (Å²) in [6.07, 6.45) is 2.91. The number of aromatic hydroxyl groups is 2. The van der Waals surface area contributed by atoms with E-state index >= 15 is 0 Å². The summed E-state index contributed by atoms with van der Waals surface area (Å²) < 4.78 is 11.2. The molecule has 0 aliphatic rings. The molecule has 0 atom stereocenters. The van der Waals surface area contributed by atoms with Crippen molar-refractivity contribution in [2.24, 2.45) is 0 Å². The molecular weight excluding hydrogens is 458 g/mol. The van der Waals surface area contributed by atoms with Gasteiger partial charge in [0.25, 0.3) is 0 Å².